The number of benzene rings is 1. The predicted molar refractivity (Wildman–Crippen MR) is 79.5 cm³/mol. The summed E-state index contributed by atoms with van der Waals surface area (Å²) in [5.74, 6) is -0.655. The molecule has 0 atom stereocenters. The number of sulfonamides is 1. The molecule has 3 N–H and O–H groups in total. The molecule has 1 aromatic rings. The zero-order valence-electron chi connectivity index (χ0n) is 11.2. The van der Waals surface area contributed by atoms with Gasteiger partial charge in [0.25, 0.3) is 5.91 Å². The van der Waals surface area contributed by atoms with Crippen LogP contribution in [-0.4, -0.2) is 41.3 Å². The Morgan fingerprint density at radius 3 is 2.43 bits per heavy atom. The lowest BCUT2D eigenvalue weighted by molar-refractivity contribution is 0.0953. The van der Waals surface area contributed by atoms with E-state index in [9.17, 15) is 21.6 Å². The largest absolute Gasteiger partial charge is 0.352 e. The fourth-order valence-corrected chi connectivity index (χ4v) is 2.90. The molecule has 1 amide bonds. The van der Waals surface area contributed by atoms with Gasteiger partial charge in [-0.3, -0.25) is 4.79 Å². The van der Waals surface area contributed by atoms with E-state index in [0.29, 0.717) is 0 Å². The van der Waals surface area contributed by atoms with Crippen LogP contribution in [0.3, 0.4) is 0 Å². The number of halogens is 1. The lowest BCUT2D eigenvalue weighted by Crippen LogP contribution is -2.26. The van der Waals surface area contributed by atoms with Crippen molar-refractivity contribution in [3.05, 3.63) is 28.8 Å². The van der Waals surface area contributed by atoms with Gasteiger partial charge in [0.2, 0.25) is 10.0 Å². The molecule has 0 unspecified atom stereocenters. The molecule has 0 aliphatic heterocycles. The maximum atomic E-state index is 11.9. The third-order valence-electron chi connectivity index (χ3n) is 2.49. The normalized spacial score (nSPS) is 12.1. The van der Waals surface area contributed by atoms with E-state index in [0.717, 1.165) is 12.3 Å². The molecule has 0 spiro atoms. The van der Waals surface area contributed by atoms with Crippen molar-refractivity contribution < 1.29 is 21.6 Å². The number of carbonyl (C=O) groups excluding carboxylic acids is 1. The average molecular weight is 355 g/mol. The quantitative estimate of drug-likeness (QED) is 0.704. The van der Waals surface area contributed by atoms with E-state index in [2.05, 4.69) is 5.32 Å². The Balaban J connectivity index is 2.79. The fraction of sp³-hybridized carbons (Fsp3) is 0.364. The number of amides is 1. The molecule has 0 aliphatic rings. The molecule has 7 nitrogen and oxygen atoms in total. The third kappa shape index (κ3) is 6.00. The van der Waals surface area contributed by atoms with Gasteiger partial charge in [0.1, 0.15) is 9.84 Å². The fourth-order valence-electron chi connectivity index (χ4n) is 1.49. The highest BCUT2D eigenvalue weighted by atomic mass is 35.5. The van der Waals surface area contributed by atoms with E-state index >= 15 is 0 Å². The van der Waals surface area contributed by atoms with Crippen LogP contribution in [0.4, 0.5) is 0 Å². The highest BCUT2D eigenvalue weighted by Gasteiger charge is 2.15. The first-order valence-electron chi connectivity index (χ1n) is 5.79. The molecule has 10 heteroatoms. The number of hydrogen-bond acceptors (Lipinski definition) is 5. The van der Waals surface area contributed by atoms with Crippen LogP contribution in [0.1, 0.15) is 16.8 Å². The van der Waals surface area contributed by atoms with Gasteiger partial charge in [-0.05, 0) is 24.6 Å². The highest BCUT2D eigenvalue weighted by molar-refractivity contribution is 7.90. The Hall–Kier alpha value is -1.16. The minimum absolute atomic E-state index is 0.0393. The molecule has 0 heterocycles. The van der Waals surface area contributed by atoms with Crippen LogP contribution >= 0.6 is 11.6 Å². The molecule has 118 valence electrons. The van der Waals surface area contributed by atoms with Gasteiger partial charge in [-0.15, -0.1) is 0 Å². The number of rotatable bonds is 6. The lowest BCUT2D eigenvalue weighted by atomic mass is 10.2. The van der Waals surface area contributed by atoms with E-state index < -0.39 is 25.8 Å². The number of nitrogens with two attached hydrogens (primary N) is 1. The van der Waals surface area contributed by atoms with Crippen LogP contribution in [0, 0.1) is 0 Å². The predicted octanol–water partition coefficient (Wildman–Crippen LogP) is 0.152. The average Bonchev–Trinajstić information content (AvgIpc) is 2.32. The van der Waals surface area contributed by atoms with Gasteiger partial charge in [0.05, 0.1) is 21.2 Å². The van der Waals surface area contributed by atoms with Crippen LogP contribution in [0.2, 0.25) is 5.02 Å². The summed E-state index contributed by atoms with van der Waals surface area (Å²) < 4.78 is 44.3. The third-order valence-corrected chi connectivity index (χ3v) is 4.76. The van der Waals surface area contributed by atoms with Crippen molar-refractivity contribution in [2.75, 3.05) is 18.6 Å². The first-order chi connectivity index (χ1) is 9.50. The maximum Gasteiger partial charge on any atom is 0.252 e. The molecule has 0 fully saturated rings. The van der Waals surface area contributed by atoms with Crippen molar-refractivity contribution in [1.29, 1.82) is 0 Å². The molecule has 1 rings (SSSR count). The van der Waals surface area contributed by atoms with Crippen LogP contribution in [-0.2, 0) is 19.9 Å². The first kappa shape index (κ1) is 17.9. The van der Waals surface area contributed by atoms with Gasteiger partial charge in [0, 0.05) is 12.8 Å². The Kier molecular flexibility index (Phi) is 5.74. The number of primary sulfonamides is 1. The van der Waals surface area contributed by atoms with Crippen LogP contribution in [0.5, 0.6) is 0 Å². The molecule has 0 saturated carbocycles. The van der Waals surface area contributed by atoms with Crippen molar-refractivity contribution in [3.8, 4) is 0 Å². The molecule has 0 aromatic heterocycles. The van der Waals surface area contributed by atoms with Crippen molar-refractivity contribution in [2.24, 2.45) is 5.14 Å². The Labute approximate surface area is 128 Å². The zero-order chi connectivity index (χ0) is 16.3. The standard InChI is InChI=1S/C11H15ClN2O5S2/c1-20(16,17)6-2-5-14-11(15)9-7-8(21(13,18)19)3-4-10(9)12/h3-4,7H,2,5-6H2,1H3,(H,14,15)(H2,13,18,19). The topological polar surface area (TPSA) is 123 Å². The highest BCUT2D eigenvalue weighted by Crippen LogP contribution is 2.19. The number of hydrogen-bond donors (Lipinski definition) is 2. The van der Waals surface area contributed by atoms with E-state index in [1.807, 2.05) is 0 Å². The Bertz CT molecular complexity index is 744. The maximum absolute atomic E-state index is 11.9. The summed E-state index contributed by atoms with van der Waals surface area (Å²) in [6, 6.07) is 3.52. The Morgan fingerprint density at radius 2 is 1.90 bits per heavy atom. The van der Waals surface area contributed by atoms with Gasteiger partial charge in [-0.2, -0.15) is 0 Å². The molecule has 0 aliphatic carbocycles. The minimum Gasteiger partial charge on any atom is -0.352 e. The number of carbonyl (C=O) groups is 1. The van der Waals surface area contributed by atoms with Gasteiger partial charge in [-0.25, -0.2) is 22.0 Å². The summed E-state index contributed by atoms with van der Waals surface area (Å²) in [7, 11) is -7.03. The van der Waals surface area contributed by atoms with Crippen LogP contribution in [0.25, 0.3) is 0 Å². The molecule has 0 bridgehead atoms. The second-order valence-corrected chi connectivity index (χ2v) is 8.65. The van der Waals surface area contributed by atoms with Crippen molar-refractivity contribution in [2.45, 2.75) is 11.3 Å². The van der Waals surface area contributed by atoms with E-state index in [1.165, 1.54) is 12.1 Å². The second-order valence-electron chi connectivity index (χ2n) is 4.43. The van der Waals surface area contributed by atoms with Gasteiger partial charge >= 0.3 is 0 Å². The lowest BCUT2D eigenvalue weighted by Gasteiger charge is -2.08. The summed E-state index contributed by atoms with van der Waals surface area (Å²) in [5.41, 5.74) is -0.0393. The van der Waals surface area contributed by atoms with E-state index in [1.54, 1.807) is 0 Å². The summed E-state index contributed by atoms with van der Waals surface area (Å²) in [6.45, 7) is 0.127. The Morgan fingerprint density at radius 1 is 1.29 bits per heavy atom. The van der Waals surface area contributed by atoms with Gasteiger partial charge in [0.15, 0.2) is 0 Å². The van der Waals surface area contributed by atoms with E-state index in [-0.39, 0.29) is 34.2 Å². The molecule has 1 aromatic carbocycles. The molecule has 0 radical (unpaired) electrons. The minimum atomic E-state index is -3.94. The molecular formula is C11H15ClN2O5S2. The first-order valence-corrected chi connectivity index (χ1v) is 9.77. The van der Waals surface area contributed by atoms with Crippen molar-refractivity contribution in [1.82, 2.24) is 5.32 Å². The van der Waals surface area contributed by atoms with Gasteiger partial charge < -0.3 is 5.32 Å². The summed E-state index contributed by atoms with van der Waals surface area (Å²) in [4.78, 5) is 11.7. The van der Waals surface area contributed by atoms with Crippen molar-refractivity contribution >= 4 is 37.4 Å². The monoisotopic (exact) mass is 354 g/mol. The van der Waals surface area contributed by atoms with E-state index in [4.69, 9.17) is 16.7 Å². The SMILES string of the molecule is CS(=O)(=O)CCCNC(=O)c1cc(S(N)(=O)=O)ccc1Cl. The summed E-state index contributed by atoms with van der Waals surface area (Å²) in [5, 5.41) is 7.52. The summed E-state index contributed by atoms with van der Waals surface area (Å²) >= 11 is 5.83. The number of nitrogens with one attached hydrogen (secondary N) is 1. The van der Waals surface area contributed by atoms with Crippen molar-refractivity contribution in [3.63, 3.8) is 0 Å². The molecule has 0 saturated heterocycles. The summed E-state index contributed by atoms with van der Waals surface area (Å²) in [6.07, 6.45) is 1.35. The van der Waals surface area contributed by atoms with Crippen LogP contribution < -0.4 is 10.5 Å². The smallest absolute Gasteiger partial charge is 0.252 e. The molecule has 21 heavy (non-hydrogen) atoms. The zero-order valence-corrected chi connectivity index (χ0v) is 13.6. The van der Waals surface area contributed by atoms with Gasteiger partial charge in [-0.1, -0.05) is 11.6 Å². The van der Waals surface area contributed by atoms with Crippen LogP contribution in [0.15, 0.2) is 23.1 Å². The number of sulfone groups is 1. The molecular weight excluding hydrogens is 340 g/mol. The second kappa shape index (κ2) is 6.73.